The van der Waals surface area contributed by atoms with E-state index in [4.69, 9.17) is 9.47 Å². The molecule has 180 valence electrons. The maximum Gasteiger partial charge on any atom is 0.262 e. The van der Waals surface area contributed by atoms with Crippen molar-refractivity contribution in [1.82, 2.24) is 4.90 Å². The van der Waals surface area contributed by atoms with E-state index in [-0.39, 0.29) is 24.2 Å². The number of carbonyl (C=O) groups excluding carboxylic acids is 2. The van der Waals surface area contributed by atoms with E-state index in [0.717, 1.165) is 31.5 Å². The molecule has 0 radical (unpaired) electrons. The number of rotatable bonds is 6. The fourth-order valence-electron chi connectivity index (χ4n) is 4.53. The van der Waals surface area contributed by atoms with Gasteiger partial charge in [0.2, 0.25) is 0 Å². The number of benzene rings is 3. The summed E-state index contributed by atoms with van der Waals surface area (Å²) < 4.78 is 24.9. The van der Waals surface area contributed by atoms with Gasteiger partial charge in [0.25, 0.3) is 11.8 Å². The zero-order valence-electron chi connectivity index (χ0n) is 19.4. The van der Waals surface area contributed by atoms with E-state index in [1.165, 1.54) is 19.2 Å². The van der Waals surface area contributed by atoms with Gasteiger partial charge in [0.05, 0.1) is 12.7 Å². The molecular formula is C27H26FN3O4. The summed E-state index contributed by atoms with van der Waals surface area (Å²) in [6.07, 6.45) is 1.46. The van der Waals surface area contributed by atoms with Crippen LogP contribution >= 0.6 is 0 Å². The number of anilines is 2. The third-order valence-corrected chi connectivity index (χ3v) is 6.34. The van der Waals surface area contributed by atoms with Gasteiger partial charge in [-0.25, -0.2) is 4.39 Å². The first-order valence-corrected chi connectivity index (χ1v) is 11.6. The SMILES string of the molecule is COc1cc(C2Nc3ccccc3C(=O)N2c2ccc(F)cc2)ccc1OCC(=O)N1CCCC1. The van der Waals surface area contributed by atoms with Crippen LogP contribution in [-0.4, -0.2) is 43.5 Å². The minimum atomic E-state index is -0.572. The summed E-state index contributed by atoms with van der Waals surface area (Å²) in [6, 6.07) is 18.4. The smallest absolute Gasteiger partial charge is 0.262 e. The van der Waals surface area contributed by atoms with Crippen molar-refractivity contribution in [3.05, 3.63) is 83.7 Å². The normalized spacial score (nSPS) is 17.1. The van der Waals surface area contributed by atoms with Crippen LogP contribution in [0.4, 0.5) is 15.8 Å². The van der Waals surface area contributed by atoms with Crippen LogP contribution in [0.5, 0.6) is 11.5 Å². The molecule has 2 aliphatic rings. The van der Waals surface area contributed by atoms with Gasteiger partial charge >= 0.3 is 0 Å². The zero-order chi connectivity index (χ0) is 24.4. The molecule has 1 fully saturated rings. The molecule has 1 saturated heterocycles. The molecule has 0 saturated carbocycles. The summed E-state index contributed by atoms with van der Waals surface area (Å²) in [5.74, 6) is 0.261. The Morgan fingerprint density at radius 2 is 1.77 bits per heavy atom. The van der Waals surface area contributed by atoms with Crippen molar-refractivity contribution < 1.29 is 23.5 Å². The third kappa shape index (κ3) is 4.51. The fraction of sp³-hybridized carbons (Fsp3) is 0.259. The minimum absolute atomic E-state index is 0.0488. The molecule has 0 aliphatic carbocycles. The second kappa shape index (κ2) is 9.66. The van der Waals surface area contributed by atoms with Crippen molar-refractivity contribution in [1.29, 1.82) is 0 Å². The molecule has 5 rings (SSSR count). The van der Waals surface area contributed by atoms with Gasteiger partial charge < -0.3 is 19.7 Å². The van der Waals surface area contributed by atoms with E-state index in [1.54, 1.807) is 46.2 Å². The molecule has 0 bridgehead atoms. The van der Waals surface area contributed by atoms with Gasteiger partial charge in [-0.2, -0.15) is 0 Å². The van der Waals surface area contributed by atoms with E-state index in [0.29, 0.717) is 28.4 Å². The number of hydrogen-bond acceptors (Lipinski definition) is 5. The van der Waals surface area contributed by atoms with Crippen LogP contribution < -0.4 is 19.7 Å². The van der Waals surface area contributed by atoms with E-state index in [1.807, 2.05) is 18.2 Å². The molecule has 0 spiro atoms. The van der Waals surface area contributed by atoms with Crippen LogP contribution in [0, 0.1) is 5.82 Å². The van der Waals surface area contributed by atoms with Crippen LogP contribution in [0.2, 0.25) is 0 Å². The van der Waals surface area contributed by atoms with Crippen molar-refractivity contribution in [2.24, 2.45) is 0 Å². The van der Waals surface area contributed by atoms with E-state index < -0.39 is 6.17 Å². The topological polar surface area (TPSA) is 71.1 Å². The highest BCUT2D eigenvalue weighted by atomic mass is 19.1. The first-order valence-electron chi connectivity index (χ1n) is 11.6. The quantitative estimate of drug-likeness (QED) is 0.564. The fourth-order valence-corrected chi connectivity index (χ4v) is 4.53. The number of likely N-dealkylation sites (tertiary alicyclic amines) is 1. The Bertz CT molecular complexity index is 1240. The average molecular weight is 476 g/mol. The summed E-state index contributed by atoms with van der Waals surface area (Å²) >= 11 is 0. The van der Waals surface area contributed by atoms with Gasteiger partial charge in [0, 0.05) is 24.5 Å². The molecule has 8 heteroatoms. The summed E-state index contributed by atoms with van der Waals surface area (Å²) in [5.41, 5.74) is 2.53. The molecule has 3 aromatic carbocycles. The number of ether oxygens (including phenoxy) is 2. The number of methoxy groups -OCH3 is 1. The first kappa shape index (κ1) is 22.7. The van der Waals surface area contributed by atoms with Crippen molar-refractivity contribution in [2.75, 3.05) is 37.0 Å². The Labute approximate surface area is 203 Å². The highest BCUT2D eigenvalue weighted by molar-refractivity contribution is 6.12. The summed E-state index contributed by atoms with van der Waals surface area (Å²) in [5, 5.41) is 3.42. The van der Waals surface area contributed by atoms with E-state index in [9.17, 15) is 14.0 Å². The number of nitrogens with one attached hydrogen (secondary N) is 1. The van der Waals surface area contributed by atoms with Gasteiger partial charge in [-0.15, -0.1) is 0 Å². The number of amides is 2. The molecule has 7 nitrogen and oxygen atoms in total. The minimum Gasteiger partial charge on any atom is -0.493 e. The average Bonchev–Trinajstić information content (AvgIpc) is 3.43. The standard InChI is InChI=1S/C27H26FN3O4/c1-34-24-16-18(8-13-23(24)35-17-25(32)30-14-4-5-15-30)26-29-22-7-3-2-6-21(22)27(33)31(26)20-11-9-19(28)10-12-20/h2-3,6-13,16,26,29H,4-5,14-15,17H2,1H3. The zero-order valence-corrected chi connectivity index (χ0v) is 19.4. The highest BCUT2D eigenvalue weighted by Crippen LogP contribution is 2.39. The second-order valence-electron chi connectivity index (χ2n) is 8.53. The largest absolute Gasteiger partial charge is 0.493 e. The lowest BCUT2D eigenvalue weighted by atomic mass is 10.0. The number of hydrogen-bond donors (Lipinski definition) is 1. The maximum atomic E-state index is 13.6. The molecule has 2 aliphatic heterocycles. The van der Waals surface area contributed by atoms with Crippen molar-refractivity contribution in [2.45, 2.75) is 19.0 Å². The summed E-state index contributed by atoms with van der Waals surface area (Å²) in [6.45, 7) is 1.46. The third-order valence-electron chi connectivity index (χ3n) is 6.34. The van der Waals surface area contributed by atoms with Crippen molar-refractivity contribution >= 4 is 23.2 Å². The molecule has 2 heterocycles. The second-order valence-corrected chi connectivity index (χ2v) is 8.53. The van der Waals surface area contributed by atoms with Gasteiger partial charge in [-0.1, -0.05) is 18.2 Å². The predicted molar refractivity (Wildman–Crippen MR) is 130 cm³/mol. The molecule has 1 unspecified atom stereocenters. The lowest BCUT2D eigenvalue weighted by Crippen LogP contribution is -2.43. The lowest BCUT2D eigenvalue weighted by molar-refractivity contribution is -0.132. The van der Waals surface area contributed by atoms with Crippen LogP contribution in [0.25, 0.3) is 0 Å². The Kier molecular flexibility index (Phi) is 6.27. The summed E-state index contributed by atoms with van der Waals surface area (Å²) in [7, 11) is 1.53. The first-order chi connectivity index (χ1) is 17.0. The number of fused-ring (bicyclic) bond motifs is 1. The van der Waals surface area contributed by atoms with Gasteiger partial charge in [0.15, 0.2) is 18.1 Å². The molecule has 35 heavy (non-hydrogen) atoms. The van der Waals surface area contributed by atoms with Crippen molar-refractivity contribution in [3.63, 3.8) is 0 Å². The number of nitrogens with zero attached hydrogens (tertiary/aromatic N) is 2. The Morgan fingerprint density at radius 1 is 1.03 bits per heavy atom. The number of para-hydroxylation sites is 1. The van der Waals surface area contributed by atoms with Gasteiger partial charge in [0.1, 0.15) is 12.0 Å². The van der Waals surface area contributed by atoms with E-state index >= 15 is 0 Å². The highest BCUT2D eigenvalue weighted by Gasteiger charge is 2.34. The molecule has 3 aromatic rings. The van der Waals surface area contributed by atoms with Crippen LogP contribution in [0.3, 0.4) is 0 Å². The van der Waals surface area contributed by atoms with Gasteiger partial charge in [-0.05, 0) is 66.9 Å². The van der Waals surface area contributed by atoms with Crippen molar-refractivity contribution in [3.8, 4) is 11.5 Å². The predicted octanol–water partition coefficient (Wildman–Crippen LogP) is 4.61. The molecule has 0 aromatic heterocycles. The van der Waals surface area contributed by atoms with E-state index in [2.05, 4.69) is 5.32 Å². The maximum absolute atomic E-state index is 13.6. The number of halogens is 1. The Hall–Kier alpha value is -4.07. The summed E-state index contributed by atoms with van der Waals surface area (Å²) in [4.78, 5) is 29.3. The number of carbonyl (C=O) groups is 2. The Balaban J connectivity index is 1.45. The van der Waals surface area contributed by atoms with Crippen LogP contribution in [-0.2, 0) is 4.79 Å². The molecule has 1 atom stereocenters. The Morgan fingerprint density at radius 3 is 2.51 bits per heavy atom. The van der Waals surface area contributed by atoms with Crippen LogP contribution in [0.15, 0.2) is 66.7 Å². The monoisotopic (exact) mass is 475 g/mol. The molecule has 2 amide bonds. The molecular weight excluding hydrogens is 449 g/mol. The van der Waals surface area contributed by atoms with Gasteiger partial charge in [-0.3, -0.25) is 14.5 Å². The lowest BCUT2D eigenvalue weighted by Gasteiger charge is -2.38. The molecule has 1 N–H and O–H groups in total. The van der Waals surface area contributed by atoms with Crippen LogP contribution in [0.1, 0.15) is 34.9 Å².